The Kier molecular flexibility index (Phi) is 9.61. The number of aromatic carboxylic acids is 2. The Bertz CT molecular complexity index is 2170. The molecule has 6 aromatic rings. The molecule has 52 heavy (non-hydrogen) atoms. The van der Waals surface area contributed by atoms with Crippen LogP contribution in [0.2, 0.25) is 0 Å². The zero-order valence-corrected chi connectivity index (χ0v) is 26.6. The first-order valence-corrected chi connectivity index (χ1v) is 15.0. The number of amides is 2. The lowest BCUT2D eigenvalue weighted by Crippen LogP contribution is -2.18. The summed E-state index contributed by atoms with van der Waals surface area (Å²) in [6, 6.07) is 9.40. The van der Waals surface area contributed by atoms with E-state index in [1.807, 2.05) is 0 Å². The molecule has 0 bridgehead atoms. The summed E-state index contributed by atoms with van der Waals surface area (Å²) < 4.78 is 33.5. The average molecular weight is 707 g/mol. The summed E-state index contributed by atoms with van der Waals surface area (Å²) >= 11 is 0. The van der Waals surface area contributed by atoms with E-state index in [0.29, 0.717) is 11.6 Å². The van der Waals surface area contributed by atoms with Crippen molar-refractivity contribution >= 4 is 35.1 Å². The minimum atomic E-state index is -1.52. The van der Waals surface area contributed by atoms with Gasteiger partial charge >= 0.3 is 11.9 Å². The number of imidazole rings is 2. The van der Waals surface area contributed by atoms with Gasteiger partial charge in [0.15, 0.2) is 23.0 Å². The largest absolute Gasteiger partial charge is 0.478 e. The number of allylic oxidation sites excluding steroid dienone is 1. The predicted octanol–water partition coefficient (Wildman–Crippen LogP) is 4.16. The predicted molar refractivity (Wildman–Crippen MR) is 177 cm³/mol. The molecule has 4 heterocycles. The second-order valence-corrected chi connectivity index (χ2v) is 11.1. The van der Waals surface area contributed by atoms with Crippen molar-refractivity contribution in [3.8, 4) is 11.6 Å². The minimum absolute atomic E-state index is 0.0827. The number of carbonyl (C=O) groups excluding carboxylic acids is 2. The van der Waals surface area contributed by atoms with Crippen LogP contribution in [-0.4, -0.2) is 73.5 Å². The highest BCUT2D eigenvalue weighted by molar-refractivity contribution is 6.07. The van der Waals surface area contributed by atoms with E-state index in [9.17, 15) is 29.4 Å². The van der Waals surface area contributed by atoms with Crippen LogP contribution >= 0.6 is 0 Å². The maximum atomic E-state index is 15.2. The number of halogens is 2. The van der Waals surface area contributed by atoms with E-state index < -0.39 is 46.5 Å². The highest BCUT2D eigenvalue weighted by Gasteiger charge is 2.22. The summed E-state index contributed by atoms with van der Waals surface area (Å²) in [5, 5.41) is 39.9. The van der Waals surface area contributed by atoms with Gasteiger partial charge in [0.05, 0.1) is 22.5 Å². The fourth-order valence-electron chi connectivity index (χ4n) is 5.00. The quantitative estimate of drug-likeness (QED) is 0.132. The maximum Gasteiger partial charge on any atom is 0.337 e. The first-order chi connectivity index (χ1) is 25.0. The SMILES string of the molecule is C=C(Cc1cc(NC(=O)c2ccc(-n3ccnc3)nn2)c(C(=O)O)cc1F)Cc1cc(NC(=O)c2ccc(-n3ccnc3)nn2)c(C(=O)O)cc1F. The number of carbonyl (C=O) groups is 4. The first-order valence-electron chi connectivity index (χ1n) is 15.0. The van der Waals surface area contributed by atoms with Gasteiger partial charge in [-0.2, -0.15) is 0 Å². The van der Waals surface area contributed by atoms with Crippen molar-refractivity contribution in [3.63, 3.8) is 0 Å². The number of nitrogens with zero attached hydrogens (tertiary/aromatic N) is 8. The van der Waals surface area contributed by atoms with E-state index in [4.69, 9.17) is 0 Å². The molecular formula is C34H24F2N10O6. The summed E-state index contributed by atoms with van der Waals surface area (Å²) in [5.41, 5.74) is -1.83. The van der Waals surface area contributed by atoms with Crippen LogP contribution in [0.3, 0.4) is 0 Å². The van der Waals surface area contributed by atoms with Crippen molar-refractivity contribution in [1.29, 1.82) is 0 Å². The molecule has 0 unspecified atom stereocenters. The minimum Gasteiger partial charge on any atom is -0.478 e. The van der Waals surface area contributed by atoms with E-state index in [0.717, 1.165) is 24.3 Å². The number of carboxylic acid groups (broad SMARTS) is 2. The van der Waals surface area contributed by atoms with E-state index in [1.165, 1.54) is 49.3 Å². The lowest BCUT2D eigenvalue weighted by Gasteiger charge is -2.15. The first kappa shape index (κ1) is 34.4. The van der Waals surface area contributed by atoms with Crippen molar-refractivity contribution in [1.82, 2.24) is 39.5 Å². The standard InChI is InChI=1S/C34H24F2N10O6/c1-18(10-19-12-27(21(33(49)50)14-23(19)35)39-31(47)25-2-4-29(43-41-25)45-8-6-37-16-45)11-20-13-28(22(34(51)52)15-24(20)36)40-32(48)26-3-5-30(44-42-26)46-9-7-38-17-46/h2-9,12-17H,1,10-11H2,(H,39,47)(H,40,48)(H,49,50)(H,51,52). The van der Waals surface area contributed by atoms with Gasteiger partial charge in [0.1, 0.15) is 24.3 Å². The Hall–Kier alpha value is -7.50. The molecule has 260 valence electrons. The number of aromatic nitrogens is 8. The molecule has 18 heteroatoms. The highest BCUT2D eigenvalue weighted by atomic mass is 19.1. The molecule has 4 aromatic heterocycles. The fraction of sp³-hybridized carbons (Fsp3) is 0.0588. The molecule has 2 aromatic carbocycles. The van der Waals surface area contributed by atoms with Crippen LogP contribution in [0.1, 0.15) is 52.8 Å². The van der Waals surface area contributed by atoms with Crippen molar-refractivity contribution in [2.45, 2.75) is 12.8 Å². The Labute approximate surface area is 291 Å². The topological polar surface area (TPSA) is 220 Å². The Balaban J connectivity index is 1.19. The summed E-state index contributed by atoms with van der Waals surface area (Å²) in [4.78, 5) is 57.6. The van der Waals surface area contributed by atoms with Crippen LogP contribution in [0, 0.1) is 11.6 Å². The van der Waals surface area contributed by atoms with Gasteiger partial charge in [0, 0.05) is 24.8 Å². The molecule has 0 saturated carbocycles. The molecule has 0 spiro atoms. The summed E-state index contributed by atoms with van der Waals surface area (Å²) in [7, 11) is 0. The van der Waals surface area contributed by atoms with Gasteiger partial charge < -0.3 is 20.8 Å². The van der Waals surface area contributed by atoms with Gasteiger partial charge in [-0.3, -0.25) is 18.7 Å². The van der Waals surface area contributed by atoms with Gasteiger partial charge in [0.25, 0.3) is 11.8 Å². The number of nitrogens with one attached hydrogen (secondary N) is 2. The number of benzene rings is 2. The summed E-state index contributed by atoms with van der Waals surface area (Å²) in [6.45, 7) is 3.89. The van der Waals surface area contributed by atoms with Gasteiger partial charge in [-0.15, -0.1) is 20.4 Å². The molecule has 0 fully saturated rings. The van der Waals surface area contributed by atoms with E-state index in [2.05, 4.69) is 47.6 Å². The summed E-state index contributed by atoms with van der Waals surface area (Å²) in [6.07, 6.45) is 8.77. The monoisotopic (exact) mass is 706 g/mol. The maximum absolute atomic E-state index is 15.2. The van der Waals surface area contributed by atoms with Gasteiger partial charge in [-0.25, -0.2) is 28.3 Å². The molecule has 0 aliphatic rings. The van der Waals surface area contributed by atoms with E-state index >= 15 is 8.78 Å². The number of rotatable bonds is 12. The number of hydrogen-bond donors (Lipinski definition) is 4. The van der Waals surface area contributed by atoms with Crippen molar-refractivity contribution in [3.05, 3.63) is 143 Å². The molecule has 0 saturated heterocycles. The Morgan fingerprint density at radius 3 is 1.40 bits per heavy atom. The van der Waals surface area contributed by atoms with Gasteiger partial charge in [-0.05, 0) is 72.5 Å². The third-order valence-corrected chi connectivity index (χ3v) is 7.52. The lowest BCUT2D eigenvalue weighted by atomic mass is 9.96. The lowest BCUT2D eigenvalue weighted by molar-refractivity contribution is 0.0686. The van der Waals surface area contributed by atoms with Crippen molar-refractivity contribution in [2.24, 2.45) is 0 Å². The Morgan fingerprint density at radius 1 is 0.654 bits per heavy atom. The average Bonchev–Trinajstić information content (AvgIpc) is 3.87. The second kappa shape index (κ2) is 14.5. The number of hydrogen-bond acceptors (Lipinski definition) is 10. The molecule has 2 amide bonds. The zero-order chi connectivity index (χ0) is 36.9. The smallest absolute Gasteiger partial charge is 0.337 e. The van der Waals surface area contributed by atoms with Crippen LogP contribution in [-0.2, 0) is 12.8 Å². The van der Waals surface area contributed by atoms with Crippen molar-refractivity contribution < 1.29 is 38.2 Å². The summed E-state index contributed by atoms with van der Waals surface area (Å²) in [5.74, 6) is -5.80. The van der Waals surface area contributed by atoms with E-state index in [-0.39, 0.29) is 52.3 Å². The highest BCUT2D eigenvalue weighted by Crippen LogP contribution is 2.27. The number of carboxylic acids is 2. The third-order valence-electron chi connectivity index (χ3n) is 7.52. The molecule has 4 N–H and O–H groups in total. The van der Waals surface area contributed by atoms with Crippen LogP contribution in [0.15, 0.2) is 98.1 Å². The molecule has 0 aliphatic carbocycles. The third kappa shape index (κ3) is 7.54. The molecule has 0 radical (unpaired) electrons. The number of anilines is 2. The normalized spacial score (nSPS) is 10.8. The Morgan fingerprint density at radius 2 is 1.08 bits per heavy atom. The van der Waals surface area contributed by atoms with Crippen LogP contribution in [0.4, 0.5) is 20.2 Å². The zero-order valence-electron chi connectivity index (χ0n) is 26.6. The van der Waals surface area contributed by atoms with Gasteiger partial charge in [0.2, 0.25) is 0 Å². The van der Waals surface area contributed by atoms with Gasteiger partial charge in [-0.1, -0.05) is 12.2 Å². The molecule has 16 nitrogen and oxygen atoms in total. The fourth-order valence-corrected chi connectivity index (χ4v) is 5.00. The van der Waals surface area contributed by atoms with Crippen LogP contribution in [0.5, 0.6) is 0 Å². The van der Waals surface area contributed by atoms with Crippen LogP contribution in [0.25, 0.3) is 11.6 Å². The van der Waals surface area contributed by atoms with Crippen LogP contribution < -0.4 is 10.6 Å². The molecule has 0 aliphatic heterocycles. The molecule has 0 atom stereocenters. The second-order valence-electron chi connectivity index (χ2n) is 11.1. The van der Waals surface area contributed by atoms with E-state index in [1.54, 1.807) is 21.5 Å². The molecule has 6 rings (SSSR count). The molecular weight excluding hydrogens is 682 g/mol. The van der Waals surface area contributed by atoms with Crippen molar-refractivity contribution in [2.75, 3.05) is 10.6 Å².